The number of benzene rings is 1. The highest BCUT2D eigenvalue weighted by Gasteiger charge is 2.27. The van der Waals surface area contributed by atoms with E-state index in [1.807, 2.05) is 35.8 Å². The van der Waals surface area contributed by atoms with Gasteiger partial charge in [-0.15, -0.1) is 21.5 Å². The molecule has 9 nitrogen and oxygen atoms in total. The van der Waals surface area contributed by atoms with E-state index in [1.165, 1.54) is 23.1 Å². The number of hydrogen-bond donors (Lipinski definition) is 1. The van der Waals surface area contributed by atoms with Crippen LogP contribution in [0, 0.1) is 0 Å². The lowest BCUT2D eigenvalue weighted by atomic mass is 9.95. The van der Waals surface area contributed by atoms with Gasteiger partial charge in [0.2, 0.25) is 11.7 Å². The molecule has 1 amide bonds. The van der Waals surface area contributed by atoms with Crippen molar-refractivity contribution in [2.75, 3.05) is 24.8 Å². The molecule has 194 valence electrons. The minimum atomic E-state index is -0.373. The molecule has 1 N–H and O–H groups in total. The van der Waals surface area contributed by atoms with Crippen LogP contribution in [-0.4, -0.2) is 46.1 Å². The van der Waals surface area contributed by atoms with Crippen LogP contribution < -0.4 is 10.1 Å². The van der Waals surface area contributed by atoms with Gasteiger partial charge in [0.1, 0.15) is 5.00 Å². The third-order valence-corrected chi connectivity index (χ3v) is 8.39. The molecule has 0 saturated carbocycles. The molecule has 0 bridgehead atoms. The number of aryl methyl sites for hydroxylation is 1. The topological polar surface area (TPSA) is 108 Å². The van der Waals surface area contributed by atoms with Crippen LogP contribution in [-0.2, 0) is 28.9 Å². The quantitative estimate of drug-likeness (QED) is 0.217. The summed E-state index contributed by atoms with van der Waals surface area (Å²) in [5.74, 6) is 1.34. The first-order valence-electron chi connectivity index (χ1n) is 12.3. The predicted molar refractivity (Wildman–Crippen MR) is 144 cm³/mol. The average Bonchev–Trinajstić information content (AvgIpc) is 3.61. The lowest BCUT2D eigenvalue weighted by Gasteiger charge is -2.12. The third kappa shape index (κ3) is 4.97. The molecule has 5 rings (SSSR count). The molecular weight excluding hydrogens is 512 g/mol. The number of fused-ring (bicyclic) bond motifs is 2. The van der Waals surface area contributed by atoms with Gasteiger partial charge in [-0.1, -0.05) is 23.9 Å². The fourth-order valence-corrected chi connectivity index (χ4v) is 6.63. The van der Waals surface area contributed by atoms with Crippen molar-refractivity contribution >= 4 is 50.9 Å². The number of aromatic nitrogens is 3. The van der Waals surface area contributed by atoms with Crippen LogP contribution in [0.5, 0.6) is 5.75 Å². The molecule has 0 aliphatic heterocycles. The number of carbonyl (C=O) groups is 2. The number of methoxy groups -OCH3 is 1. The van der Waals surface area contributed by atoms with E-state index in [0.29, 0.717) is 51.8 Å². The first-order chi connectivity index (χ1) is 18.0. The van der Waals surface area contributed by atoms with Crippen molar-refractivity contribution in [3.05, 3.63) is 40.3 Å². The summed E-state index contributed by atoms with van der Waals surface area (Å²) in [5, 5.41) is 13.7. The number of carbonyl (C=O) groups excluding carboxylic acids is 2. The first kappa shape index (κ1) is 25.3. The summed E-state index contributed by atoms with van der Waals surface area (Å²) in [6, 6.07) is 7.61. The molecule has 11 heteroatoms. The van der Waals surface area contributed by atoms with Gasteiger partial charge in [-0.3, -0.25) is 9.36 Å². The zero-order valence-electron chi connectivity index (χ0n) is 21.0. The Hall–Kier alpha value is -3.31. The van der Waals surface area contributed by atoms with E-state index in [1.54, 1.807) is 14.0 Å². The van der Waals surface area contributed by atoms with Crippen molar-refractivity contribution in [2.24, 2.45) is 0 Å². The number of anilines is 1. The smallest absolute Gasteiger partial charge is 0.341 e. The van der Waals surface area contributed by atoms with E-state index in [0.717, 1.165) is 41.5 Å². The fourth-order valence-electron chi connectivity index (χ4n) is 4.54. The van der Waals surface area contributed by atoms with Crippen LogP contribution in [0.25, 0.3) is 22.6 Å². The number of esters is 1. The maximum absolute atomic E-state index is 12.9. The van der Waals surface area contributed by atoms with Gasteiger partial charge in [0.05, 0.1) is 25.0 Å². The standard InChI is InChI=1S/C26H28N4O5S2/c1-4-30-23(18-13-15-9-8-11-17(33-3)22(15)35-18)28-29-26(30)36-14-20(31)27-24-21(25(32)34-5-2)16-10-6-7-12-19(16)37-24/h8-9,11,13H,4-7,10,12,14H2,1-3H3,(H,27,31). The predicted octanol–water partition coefficient (Wildman–Crippen LogP) is 5.57. The Bertz CT molecular complexity index is 1450. The van der Waals surface area contributed by atoms with Crippen molar-refractivity contribution < 1.29 is 23.5 Å². The lowest BCUT2D eigenvalue weighted by molar-refractivity contribution is -0.113. The average molecular weight is 541 g/mol. The Labute approximate surface area is 222 Å². The first-order valence-corrected chi connectivity index (χ1v) is 14.1. The number of para-hydroxylation sites is 1. The molecule has 37 heavy (non-hydrogen) atoms. The Balaban J connectivity index is 1.33. The van der Waals surface area contributed by atoms with E-state index < -0.39 is 0 Å². The summed E-state index contributed by atoms with van der Waals surface area (Å²) in [5.41, 5.74) is 2.19. The van der Waals surface area contributed by atoms with Crippen molar-refractivity contribution in [1.29, 1.82) is 0 Å². The lowest BCUT2D eigenvalue weighted by Crippen LogP contribution is -2.17. The monoisotopic (exact) mass is 540 g/mol. The molecule has 3 aromatic heterocycles. The van der Waals surface area contributed by atoms with Crippen molar-refractivity contribution in [1.82, 2.24) is 14.8 Å². The van der Waals surface area contributed by atoms with Crippen molar-refractivity contribution in [3.63, 3.8) is 0 Å². The summed E-state index contributed by atoms with van der Waals surface area (Å²) in [6.07, 6.45) is 3.88. The van der Waals surface area contributed by atoms with E-state index in [4.69, 9.17) is 13.9 Å². The zero-order chi connectivity index (χ0) is 25.9. The molecule has 0 fully saturated rings. The second kappa shape index (κ2) is 11.0. The molecule has 0 saturated heterocycles. The molecule has 1 aromatic carbocycles. The molecule has 0 atom stereocenters. The van der Waals surface area contributed by atoms with Gasteiger partial charge in [-0.2, -0.15) is 0 Å². The number of amides is 1. The minimum absolute atomic E-state index is 0.122. The second-order valence-corrected chi connectivity index (χ2v) is 10.6. The normalized spacial score (nSPS) is 12.9. The van der Waals surface area contributed by atoms with Crippen LogP contribution in [0.3, 0.4) is 0 Å². The highest BCUT2D eigenvalue weighted by Crippen LogP contribution is 2.39. The third-order valence-electron chi connectivity index (χ3n) is 6.22. The summed E-state index contributed by atoms with van der Waals surface area (Å²) in [6.45, 7) is 4.67. The molecular formula is C26H28N4O5S2. The van der Waals surface area contributed by atoms with Crippen LogP contribution in [0.4, 0.5) is 5.00 Å². The molecule has 1 aliphatic rings. The van der Waals surface area contributed by atoms with Gasteiger partial charge in [-0.05, 0) is 57.2 Å². The Morgan fingerprint density at radius 2 is 2.05 bits per heavy atom. The number of rotatable bonds is 9. The van der Waals surface area contributed by atoms with Gasteiger partial charge in [0.15, 0.2) is 22.2 Å². The van der Waals surface area contributed by atoms with Gasteiger partial charge in [-0.25, -0.2) is 4.79 Å². The highest BCUT2D eigenvalue weighted by molar-refractivity contribution is 7.99. The van der Waals surface area contributed by atoms with Crippen molar-refractivity contribution in [3.8, 4) is 17.3 Å². The van der Waals surface area contributed by atoms with Crippen LogP contribution in [0.15, 0.2) is 33.8 Å². The second-order valence-electron chi connectivity index (χ2n) is 8.51. The number of hydrogen-bond acceptors (Lipinski definition) is 9. The summed E-state index contributed by atoms with van der Waals surface area (Å²) >= 11 is 2.77. The van der Waals surface area contributed by atoms with E-state index >= 15 is 0 Å². The number of nitrogens with one attached hydrogen (secondary N) is 1. The van der Waals surface area contributed by atoms with Gasteiger partial charge < -0.3 is 19.2 Å². The van der Waals surface area contributed by atoms with Crippen LogP contribution >= 0.6 is 23.1 Å². The van der Waals surface area contributed by atoms with Crippen molar-refractivity contribution in [2.45, 2.75) is 51.2 Å². The molecule has 3 heterocycles. The molecule has 0 unspecified atom stereocenters. The van der Waals surface area contributed by atoms with Gasteiger partial charge in [0.25, 0.3) is 0 Å². The maximum atomic E-state index is 12.9. The largest absolute Gasteiger partial charge is 0.493 e. The summed E-state index contributed by atoms with van der Waals surface area (Å²) in [4.78, 5) is 26.8. The van der Waals surface area contributed by atoms with Gasteiger partial charge in [0, 0.05) is 16.8 Å². The Morgan fingerprint density at radius 3 is 2.84 bits per heavy atom. The van der Waals surface area contributed by atoms with E-state index in [9.17, 15) is 9.59 Å². The summed E-state index contributed by atoms with van der Waals surface area (Å²) in [7, 11) is 1.60. The molecule has 4 aromatic rings. The number of thioether (sulfide) groups is 1. The van der Waals surface area contributed by atoms with E-state index in [-0.39, 0.29) is 17.6 Å². The summed E-state index contributed by atoms with van der Waals surface area (Å²) < 4.78 is 18.7. The fraction of sp³-hybridized carbons (Fsp3) is 0.385. The molecule has 0 radical (unpaired) electrons. The van der Waals surface area contributed by atoms with Crippen LogP contribution in [0.2, 0.25) is 0 Å². The Morgan fingerprint density at radius 1 is 1.22 bits per heavy atom. The van der Waals surface area contributed by atoms with E-state index in [2.05, 4.69) is 15.5 Å². The molecule has 0 spiro atoms. The minimum Gasteiger partial charge on any atom is -0.493 e. The highest BCUT2D eigenvalue weighted by atomic mass is 32.2. The van der Waals surface area contributed by atoms with Crippen LogP contribution in [0.1, 0.15) is 47.5 Å². The number of furan rings is 1. The Kier molecular flexibility index (Phi) is 7.52. The number of nitrogens with zero attached hydrogens (tertiary/aromatic N) is 3. The molecule has 1 aliphatic carbocycles. The number of thiophene rings is 1. The zero-order valence-corrected chi connectivity index (χ0v) is 22.6. The number of ether oxygens (including phenoxy) is 2. The maximum Gasteiger partial charge on any atom is 0.341 e. The SMILES string of the molecule is CCOC(=O)c1c(NC(=O)CSc2nnc(-c3cc4cccc(OC)c4o3)n2CC)sc2c1CCCC2. The van der Waals surface area contributed by atoms with Gasteiger partial charge >= 0.3 is 5.97 Å².